The predicted octanol–water partition coefficient (Wildman–Crippen LogP) is 2.28. The van der Waals surface area contributed by atoms with Gasteiger partial charge in [0.2, 0.25) is 0 Å². The molecular weight excluding hydrogens is 262 g/mol. The molecule has 1 heterocycles. The van der Waals surface area contributed by atoms with Crippen LogP contribution >= 0.6 is 0 Å². The highest BCUT2D eigenvalue weighted by atomic mass is 16.7. The highest BCUT2D eigenvalue weighted by Crippen LogP contribution is 2.32. The van der Waals surface area contributed by atoms with Crippen molar-refractivity contribution < 1.29 is 19.3 Å². The molecule has 0 radical (unpaired) electrons. The maximum atomic E-state index is 10.8. The molecule has 1 unspecified atom stereocenters. The number of hydrogen-bond donors (Lipinski definition) is 1. The molecule has 0 aromatic heterocycles. The molecule has 1 aliphatic rings. The monoisotopic (exact) mass is 281 g/mol. The maximum Gasteiger partial charge on any atom is 0.163 e. The first kappa shape index (κ1) is 14.9. The zero-order valence-electron chi connectivity index (χ0n) is 11.9. The summed E-state index contributed by atoms with van der Waals surface area (Å²) in [5, 5.41) is 12.2. The number of nitrogens with zero attached hydrogens (tertiary/aromatic N) is 1. The lowest BCUT2D eigenvalue weighted by molar-refractivity contribution is -0.138. The molecule has 6 nitrogen and oxygen atoms in total. The van der Waals surface area contributed by atoms with E-state index in [1.807, 2.05) is 13.8 Å². The van der Waals surface area contributed by atoms with Crippen LogP contribution < -0.4 is 4.74 Å². The van der Waals surface area contributed by atoms with Crippen molar-refractivity contribution in [2.75, 3.05) is 13.7 Å². The van der Waals surface area contributed by atoms with Crippen molar-refractivity contribution in [1.82, 2.24) is 0 Å². The summed E-state index contributed by atoms with van der Waals surface area (Å²) < 4.78 is 16.6. The lowest BCUT2D eigenvalue weighted by Crippen LogP contribution is -2.22. The van der Waals surface area contributed by atoms with Crippen molar-refractivity contribution in [3.05, 3.63) is 28.2 Å². The molecule has 0 aliphatic carbocycles. The summed E-state index contributed by atoms with van der Waals surface area (Å²) in [4.78, 5) is 10.8. The molecule has 0 saturated carbocycles. The Hall–Kier alpha value is -1.50. The normalized spacial score (nSPS) is 20.9. The van der Waals surface area contributed by atoms with E-state index in [1.165, 1.54) is 0 Å². The van der Waals surface area contributed by atoms with Gasteiger partial charge < -0.3 is 19.3 Å². The molecule has 1 saturated heterocycles. The Labute approximate surface area is 117 Å². The average Bonchev–Trinajstić information content (AvgIpc) is 2.77. The fourth-order valence-corrected chi connectivity index (χ4v) is 2.32. The highest BCUT2D eigenvalue weighted by Gasteiger charge is 2.33. The van der Waals surface area contributed by atoms with E-state index in [0.29, 0.717) is 24.3 Å². The molecule has 0 bridgehead atoms. The van der Waals surface area contributed by atoms with Crippen molar-refractivity contribution in [3.8, 4) is 5.75 Å². The second-order valence-corrected chi connectivity index (χ2v) is 5.20. The third-order valence-electron chi connectivity index (χ3n) is 3.27. The lowest BCUT2D eigenvalue weighted by atomic mass is 10.0. The van der Waals surface area contributed by atoms with Crippen LogP contribution in [0.15, 0.2) is 17.3 Å². The Balaban J connectivity index is 2.24. The summed E-state index contributed by atoms with van der Waals surface area (Å²) in [6.45, 7) is 3.95. The Kier molecular flexibility index (Phi) is 4.37. The van der Waals surface area contributed by atoms with E-state index < -0.39 is 5.79 Å². The van der Waals surface area contributed by atoms with Gasteiger partial charge in [-0.05, 0) is 36.7 Å². The zero-order valence-corrected chi connectivity index (χ0v) is 11.9. The lowest BCUT2D eigenvalue weighted by Gasteiger charge is -2.18. The number of aliphatic hydroxyl groups is 1. The van der Waals surface area contributed by atoms with Crippen LogP contribution in [0.2, 0.25) is 0 Å². The quantitative estimate of drug-likeness (QED) is 0.838. The third kappa shape index (κ3) is 3.15. The summed E-state index contributed by atoms with van der Waals surface area (Å²) in [6.07, 6.45) is 0.458. The molecule has 1 aromatic carbocycles. The summed E-state index contributed by atoms with van der Waals surface area (Å²) in [5.74, 6) is 0.0176. The van der Waals surface area contributed by atoms with Crippen molar-refractivity contribution in [2.45, 2.75) is 38.8 Å². The van der Waals surface area contributed by atoms with Crippen LogP contribution in [0.25, 0.3) is 0 Å². The minimum atomic E-state index is -0.589. The summed E-state index contributed by atoms with van der Waals surface area (Å²) in [7, 11) is 1.55. The number of aliphatic hydroxyl groups excluding tert-OH is 1. The van der Waals surface area contributed by atoms with E-state index in [9.17, 15) is 10.0 Å². The molecule has 1 aromatic rings. The molecule has 1 atom stereocenters. The first-order valence-corrected chi connectivity index (χ1v) is 6.45. The van der Waals surface area contributed by atoms with Crippen LogP contribution in [0.4, 0.5) is 5.69 Å². The van der Waals surface area contributed by atoms with Crippen molar-refractivity contribution in [2.24, 2.45) is 5.18 Å². The van der Waals surface area contributed by atoms with Gasteiger partial charge in [0.1, 0.15) is 11.4 Å². The van der Waals surface area contributed by atoms with E-state index in [2.05, 4.69) is 5.18 Å². The minimum absolute atomic E-state index is 0.0987. The fourth-order valence-electron chi connectivity index (χ4n) is 2.32. The number of ether oxygens (including phenoxy) is 3. The van der Waals surface area contributed by atoms with Gasteiger partial charge in [0.25, 0.3) is 0 Å². The van der Waals surface area contributed by atoms with Crippen molar-refractivity contribution in [3.63, 3.8) is 0 Å². The van der Waals surface area contributed by atoms with Gasteiger partial charge in [-0.1, -0.05) is 0 Å². The van der Waals surface area contributed by atoms with Crippen molar-refractivity contribution >= 4 is 5.69 Å². The molecule has 0 spiro atoms. The molecule has 1 fully saturated rings. The Morgan fingerprint density at radius 2 is 2.20 bits per heavy atom. The minimum Gasteiger partial charge on any atom is -0.496 e. The number of nitroso groups, excluding NO2 is 1. The second-order valence-electron chi connectivity index (χ2n) is 5.20. The molecule has 110 valence electrons. The maximum absolute atomic E-state index is 10.8. The highest BCUT2D eigenvalue weighted by molar-refractivity contribution is 5.54. The number of rotatable bonds is 5. The number of benzene rings is 1. The smallest absolute Gasteiger partial charge is 0.163 e. The summed E-state index contributed by atoms with van der Waals surface area (Å²) in [5.41, 5.74) is 1.48. The molecule has 1 N–H and O–H groups in total. The van der Waals surface area contributed by atoms with Gasteiger partial charge >= 0.3 is 0 Å². The molecule has 0 amide bonds. The van der Waals surface area contributed by atoms with E-state index in [-0.39, 0.29) is 18.4 Å². The van der Waals surface area contributed by atoms with E-state index in [0.717, 1.165) is 5.56 Å². The first-order chi connectivity index (χ1) is 9.49. The molecule has 1 aliphatic heterocycles. The van der Waals surface area contributed by atoms with Gasteiger partial charge in [0.15, 0.2) is 5.79 Å². The molecule has 20 heavy (non-hydrogen) atoms. The largest absolute Gasteiger partial charge is 0.496 e. The summed E-state index contributed by atoms with van der Waals surface area (Å²) >= 11 is 0. The van der Waals surface area contributed by atoms with E-state index in [1.54, 1.807) is 19.2 Å². The van der Waals surface area contributed by atoms with Crippen LogP contribution in [0.5, 0.6) is 5.75 Å². The van der Waals surface area contributed by atoms with E-state index in [4.69, 9.17) is 14.2 Å². The Bertz CT molecular complexity index is 501. The number of hydrogen-bond acceptors (Lipinski definition) is 6. The average molecular weight is 281 g/mol. The number of methoxy groups -OCH3 is 1. The van der Waals surface area contributed by atoms with E-state index >= 15 is 0 Å². The van der Waals surface area contributed by atoms with Gasteiger partial charge in [0, 0.05) is 12.0 Å². The summed E-state index contributed by atoms with van der Waals surface area (Å²) in [6, 6.07) is 3.26. The van der Waals surface area contributed by atoms with Crippen molar-refractivity contribution in [1.29, 1.82) is 0 Å². The van der Waals surface area contributed by atoms with Gasteiger partial charge in [-0.15, -0.1) is 4.91 Å². The van der Waals surface area contributed by atoms with Crippen LogP contribution in [-0.4, -0.2) is 30.7 Å². The zero-order chi connectivity index (χ0) is 14.8. The Morgan fingerprint density at radius 3 is 2.70 bits per heavy atom. The third-order valence-corrected chi connectivity index (χ3v) is 3.27. The van der Waals surface area contributed by atoms with Crippen LogP contribution in [0.3, 0.4) is 0 Å². The van der Waals surface area contributed by atoms with Gasteiger partial charge in [-0.3, -0.25) is 0 Å². The fraction of sp³-hybridized carbons (Fsp3) is 0.571. The Morgan fingerprint density at radius 1 is 1.45 bits per heavy atom. The van der Waals surface area contributed by atoms with Gasteiger partial charge in [-0.2, -0.15) is 0 Å². The van der Waals surface area contributed by atoms with Crippen LogP contribution in [0.1, 0.15) is 25.0 Å². The SMILES string of the molecule is COc1cc(CO)c(N=O)cc1CC1COC(C)(C)O1. The van der Waals surface area contributed by atoms with Crippen LogP contribution in [-0.2, 0) is 22.5 Å². The predicted molar refractivity (Wildman–Crippen MR) is 73.0 cm³/mol. The molecule has 6 heteroatoms. The van der Waals surface area contributed by atoms with Crippen LogP contribution in [0, 0.1) is 4.91 Å². The second kappa shape index (κ2) is 5.87. The topological polar surface area (TPSA) is 77.4 Å². The molecule has 2 rings (SSSR count). The van der Waals surface area contributed by atoms with Gasteiger partial charge in [0.05, 0.1) is 26.4 Å². The molecular formula is C14H19NO5. The standard InChI is InChI=1S/C14H19NO5/c1-14(2)19-8-11(20-14)4-9-5-12(15-17)10(7-16)6-13(9)18-3/h5-6,11,16H,4,7-8H2,1-3H3. The van der Waals surface area contributed by atoms with Gasteiger partial charge in [-0.25, -0.2) is 0 Å². The first-order valence-electron chi connectivity index (χ1n) is 6.45.